The molecule has 0 aliphatic carbocycles. The molecular formula is C22H11BrCl2F4N4O. The Morgan fingerprint density at radius 2 is 1.74 bits per heavy atom. The van der Waals surface area contributed by atoms with Crippen molar-refractivity contribution in [1.29, 1.82) is 0 Å². The molecule has 0 aliphatic heterocycles. The summed E-state index contributed by atoms with van der Waals surface area (Å²) in [5.74, 6) is -5.39. The number of pyridine rings is 1. The minimum Gasteiger partial charge on any atom is -0.318 e. The van der Waals surface area contributed by atoms with Crippen molar-refractivity contribution < 1.29 is 22.4 Å². The summed E-state index contributed by atoms with van der Waals surface area (Å²) in [6.07, 6.45) is 1.23. The molecule has 0 spiro atoms. The summed E-state index contributed by atoms with van der Waals surface area (Å²) in [5, 5.41) is 2.63. The third-order valence-corrected chi connectivity index (χ3v) is 5.86. The van der Waals surface area contributed by atoms with Crippen molar-refractivity contribution in [2.45, 2.75) is 6.54 Å². The second-order valence-electron chi connectivity index (χ2n) is 6.98. The third-order valence-electron chi connectivity index (χ3n) is 4.71. The first kappa shape index (κ1) is 24.2. The van der Waals surface area contributed by atoms with Crippen LogP contribution in [0.2, 0.25) is 10.3 Å². The van der Waals surface area contributed by atoms with Gasteiger partial charge in [0.2, 0.25) is 0 Å². The number of benzene rings is 2. The Morgan fingerprint density at radius 1 is 1.03 bits per heavy atom. The molecule has 1 N–H and O–H groups in total. The van der Waals surface area contributed by atoms with E-state index in [2.05, 4.69) is 31.2 Å². The molecule has 0 saturated heterocycles. The van der Waals surface area contributed by atoms with Crippen LogP contribution >= 0.6 is 39.1 Å². The van der Waals surface area contributed by atoms with Crippen molar-refractivity contribution in [1.82, 2.24) is 14.5 Å². The van der Waals surface area contributed by atoms with E-state index in [1.165, 1.54) is 41.1 Å². The molecule has 0 aliphatic rings. The van der Waals surface area contributed by atoms with Crippen molar-refractivity contribution in [3.05, 3.63) is 98.0 Å². The zero-order valence-electron chi connectivity index (χ0n) is 16.7. The van der Waals surface area contributed by atoms with Crippen LogP contribution in [0.3, 0.4) is 0 Å². The van der Waals surface area contributed by atoms with E-state index in [9.17, 15) is 22.4 Å². The Balaban J connectivity index is 1.80. The van der Waals surface area contributed by atoms with Crippen LogP contribution in [0.5, 0.6) is 0 Å². The fourth-order valence-corrected chi connectivity index (χ4v) is 4.10. The van der Waals surface area contributed by atoms with E-state index >= 15 is 0 Å². The second kappa shape index (κ2) is 9.73. The van der Waals surface area contributed by atoms with Crippen molar-refractivity contribution in [2.24, 2.45) is 0 Å². The SMILES string of the molecule is O=C(Nc1ccc(Cl)nc1Cl)c1cnc(-c2ccc(F)cc2Br)n1Cc1cc(F)c(F)c(F)c1. The lowest BCUT2D eigenvalue weighted by Gasteiger charge is -2.14. The van der Waals surface area contributed by atoms with Gasteiger partial charge in [0, 0.05) is 10.0 Å². The van der Waals surface area contributed by atoms with Gasteiger partial charge in [-0.15, -0.1) is 0 Å². The number of aromatic nitrogens is 3. The highest BCUT2D eigenvalue weighted by molar-refractivity contribution is 9.10. The van der Waals surface area contributed by atoms with Crippen molar-refractivity contribution in [3.63, 3.8) is 0 Å². The molecule has 1 amide bonds. The number of carbonyl (C=O) groups excluding carboxylic acids is 1. The quantitative estimate of drug-likeness (QED) is 0.161. The van der Waals surface area contributed by atoms with Crippen LogP contribution in [0.4, 0.5) is 23.2 Å². The molecule has 12 heteroatoms. The highest BCUT2D eigenvalue weighted by atomic mass is 79.9. The maximum atomic E-state index is 13.8. The summed E-state index contributed by atoms with van der Waals surface area (Å²) < 4.78 is 56.4. The van der Waals surface area contributed by atoms with Crippen LogP contribution in [0, 0.1) is 23.3 Å². The van der Waals surface area contributed by atoms with E-state index < -0.39 is 29.2 Å². The van der Waals surface area contributed by atoms with Crippen LogP contribution in [0.15, 0.2) is 53.1 Å². The lowest BCUT2D eigenvalue weighted by molar-refractivity contribution is 0.101. The van der Waals surface area contributed by atoms with E-state index in [0.29, 0.717) is 10.0 Å². The monoisotopic (exact) mass is 572 g/mol. The fourth-order valence-electron chi connectivity index (χ4n) is 3.18. The average Bonchev–Trinajstić information content (AvgIpc) is 3.17. The van der Waals surface area contributed by atoms with Gasteiger partial charge in [0.15, 0.2) is 22.6 Å². The minimum atomic E-state index is -1.61. The Kier molecular flexibility index (Phi) is 6.92. The van der Waals surface area contributed by atoms with Gasteiger partial charge >= 0.3 is 0 Å². The highest BCUT2D eigenvalue weighted by Gasteiger charge is 2.22. The number of hydrogen-bond acceptors (Lipinski definition) is 3. The molecule has 174 valence electrons. The lowest BCUT2D eigenvalue weighted by Crippen LogP contribution is -2.19. The molecule has 4 rings (SSSR count). The maximum Gasteiger partial charge on any atom is 0.274 e. The molecule has 0 atom stereocenters. The maximum absolute atomic E-state index is 13.8. The Bertz CT molecular complexity index is 1410. The first-order valence-corrected chi connectivity index (χ1v) is 11.0. The van der Waals surface area contributed by atoms with Crippen LogP contribution in [0.25, 0.3) is 11.4 Å². The fraction of sp³-hybridized carbons (Fsp3) is 0.0455. The third kappa shape index (κ3) is 4.94. The smallest absolute Gasteiger partial charge is 0.274 e. The minimum absolute atomic E-state index is 0.0223. The topological polar surface area (TPSA) is 59.8 Å². The molecule has 0 fully saturated rings. The van der Waals surface area contributed by atoms with Gasteiger partial charge in [-0.2, -0.15) is 0 Å². The lowest BCUT2D eigenvalue weighted by atomic mass is 10.1. The normalized spacial score (nSPS) is 11.0. The first-order chi connectivity index (χ1) is 16.1. The standard InChI is InChI=1S/C22H11BrCl2F4N4O/c23-13-7-11(26)1-2-12(13)21-30-8-17(22(34)31-16-3-4-18(24)32-20(16)25)33(21)9-10-5-14(27)19(29)15(28)6-10/h1-8H,9H2,(H,31,34). The molecule has 2 aromatic carbocycles. The zero-order valence-corrected chi connectivity index (χ0v) is 19.8. The van der Waals surface area contributed by atoms with Gasteiger partial charge in [-0.3, -0.25) is 4.79 Å². The molecule has 0 unspecified atom stereocenters. The van der Waals surface area contributed by atoms with Gasteiger partial charge in [0.25, 0.3) is 5.91 Å². The van der Waals surface area contributed by atoms with Crippen molar-refractivity contribution in [2.75, 3.05) is 5.32 Å². The van der Waals surface area contributed by atoms with Gasteiger partial charge < -0.3 is 9.88 Å². The molecule has 5 nitrogen and oxygen atoms in total. The number of anilines is 1. The van der Waals surface area contributed by atoms with Gasteiger partial charge in [-0.1, -0.05) is 23.2 Å². The van der Waals surface area contributed by atoms with E-state index in [1.807, 2.05) is 0 Å². The number of rotatable bonds is 5. The summed E-state index contributed by atoms with van der Waals surface area (Å²) in [4.78, 5) is 21.2. The van der Waals surface area contributed by atoms with Crippen molar-refractivity contribution >= 4 is 50.7 Å². The molecule has 0 saturated carbocycles. The van der Waals surface area contributed by atoms with Crippen LogP contribution in [-0.2, 0) is 6.54 Å². The zero-order chi connectivity index (χ0) is 24.6. The van der Waals surface area contributed by atoms with Crippen LogP contribution in [-0.4, -0.2) is 20.4 Å². The van der Waals surface area contributed by atoms with E-state index in [0.717, 1.165) is 12.1 Å². The Labute approximate surface area is 208 Å². The van der Waals surface area contributed by atoms with Crippen LogP contribution < -0.4 is 5.32 Å². The molecule has 0 radical (unpaired) electrons. The number of imidazole rings is 1. The number of nitrogens with one attached hydrogen (secondary N) is 1. The van der Waals surface area contributed by atoms with Crippen molar-refractivity contribution in [3.8, 4) is 11.4 Å². The molecular weight excluding hydrogens is 563 g/mol. The molecule has 2 aromatic heterocycles. The van der Waals surface area contributed by atoms with E-state index in [4.69, 9.17) is 23.2 Å². The van der Waals surface area contributed by atoms with Crippen LogP contribution in [0.1, 0.15) is 16.1 Å². The number of carbonyl (C=O) groups is 1. The largest absolute Gasteiger partial charge is 0.318 e. The number of halogens is 7. The predicted octanol–water partition coefficient (Wildman–Crippen LogP) is 6.87. The number of amides is 1. The number of nitrogens with zero attached hydrogens (tertiary/aromatic N) is 3. The second-order valence-corrected chi connectivity index (χ2v) is 8.58. The predicted molar refractivity (Wildman–Crippen MR) is 123 cm³/mol. The Hall–Kier alpha value is -2.95. The summed E-state index contributed by atoms with van der Waals surface area (Å²) >= 11 is 15.1. The van der Waals surface area contributed by atoms with E-state index in [-0.39, 0.29) is 39.6 Å². The average molecular weight is 574 g/mol. The summed E-state index contributed by atoms with van der Waals surface area (Å²) in [6, 6.07) is 8.29. The van der Waals surface area contributed by atoms with Gasteiger partial charge in [-0.05, 0) is 64.0 Å². The molecule has 4 aromatic rings. The van der Waals surface area contributed by atoms with Gasteiger partial charge in [-0.25, -0.2) is 27.5 Å². The highest BCUT2D eigenvalue weighted by Crippen LogP contribution is 2.30. The summed E-state index contributed by atoms with van der Waals surface area (Å²) in [6.45, 7) is -0.261. The van der Waals surface area contributed by atoms with Gasteiger partial charge in [0.1, 0.15) is 22.5 Å². The molecule has 34 heavy (non-hydrogen) atoms. The van der Waals surface area contributed by atoms with E-state index in [1.54, 1.807) is 0 Å². The first-order valence-electron chi connectivity index (χ1n) is 9.42. The number of hydrogen-bond donors (Lipinski definition) is 1. The summed E-state index contributed by atoms with van der Waals surface area (Å²) in [5.41, 5.74) is 0.554. The Morgan fingerprint density at radius 3 is 2.38 bits per heavy atom. The summed E-state index contributed by atoms with van der Waals surface area (Å²) in [7, 11) is 0. The molecule has 2 heterocycles. The van der Waals surface area contributed by atoms with Gasteiger partial charge in [0.05, 0.1) is 18.4 Å². The molecule has 0 bridgehead atoms.